The number of nitrogens with zero attached hydrogens (tertiary/aromatic N) is 1. The molecule has 1 aromatic rings. The van der Waals surface area contributed by atoms with E-state index in [1.807, 2.05) is 38.1 Å². The summed E-state index contributed by atoms with van der Waals surface area (Å²) in [5, 5.41) is 14.5. The highest BCUT2D eigenvalue weighted by Gasteiger charge is 2.28. The van der Waals surface area contributed by atoms with Gasteiger partial charge in [-0.25, -0.2) is 0 Å². The molecule has 6 nitrogen and oxygen atoms in total. The topological polar surface area (TPSA) is 96.9 Å². The zero-order chi connectivity index (χ0) is 15.4. The van der Waals surface area contributed by atoms with Gasteiger partial charge in [-0.05, 0) is 17.5 Å². The number of carbonyl (C=O) groups excluding carboxylic acids is 1. The Hall–Kier alpha value is -2.24. The number of rotatable bonds is 5. The average molecular weight is 291 g/mol. The number of oxime groups is 1. The Morgan fingerprint density at radius 1 is 1.52 bits per heavy atom. The van der Waals surface area contributed by atoms with Crippen LogP contribution in [0.4, 0.5) is 0 Å². The van der Waals surface area contributed by atoms with Crippen LogP contribution in [0.1, 0.15) is 19.4 Å². The predicted octanol–water partition coefficient (Wildman–Crippen LogP) is 1.12. The SMILES string of the molecule is CC(C)C(C(=O)NCC1Cc2ccccc2O1)C(N)=NO. The molecule has 6 heteroatoms. The van der Waals surface area contributed by atoms with E-state index in [1.165, 1.54) is 0 Å². The van der Waals surface area contributed by atoms with Crippen molar-refractivity contribution < 1.29 is 14.7 Å². The maximum absolute atomic E-state index is 12.2. The van der Waals surface area contributed by atoms with Crippen LogP contribution in [-0.4, -0.2) is 29.6 Å². The van der Waals surface area contributed by atoms with E-state index in [1.54, 1.807) is 0 Å². The van der Waals surface area contributed by atoms with Crippen molar-refractivity contribution in [3.63, 3.8) is 0 Å². The molecule has 1 heterocycles. The highest BCUT2D eigenvalue weighted by atomic mass is 16.5. The van der Waals surface area contributed by atoms with Gasteiger partial charge in [-0.2, -0.15) is 0 Å². The molecule has 21 heavy (non-hydrogen) atoms. The van der Waals surface area contributed by atoms with Crippen molar-refractivity contribution in [2.45, 2.75) is 26.4 Å². The van der Waals surface area contributed by atoms with Gasteiger partial charge in [-0.1, -0.05) is 37.2 Å². The first-order valence-electron chi connectivity index (χ1n) is 7.02. The van der Waals surface area contributed by atoms with Crippen LogP contribution >= 0.6 is 0 Å². The zero-order valence-corrected chi connectivity index (χ0v) is 12.2. The number of amides is 1. The molecule has 0 saturated carbocycles. The van der Waals surface area contributed by atoms with Gasteiger partial charge in [0, 0.05) is 6.42 Å². The van der Waals surface area contributed by atoms with E-state index in [2.05, 4.69) is 10.5 Å². The molecule has 1 aliphatic rings. The van der Waals surface area contributed by atoms with Gasteiger partial charge in [0.2, 0.25) is 5.91 Å². The third-order valence-electron chi connectivity index (χ3n) is 3.60. The number of ether oxygens (including phenoxy) is 1. The zero-order valence-electron chi connectivity index (χ0n) is 12.2. The van der Waals surface area contributed by atoms with Crippen molar-refractivity contribution in [3.05, 3.63) is 29.8 Å². The van der Waals surface area contributed by atoms with Crippen molar-refractivity contribution in [2.75, 3.05) is 6.54 Å². The Bertz CT molecular complexity index is 518. The van der Waals surface area contributed by atoms with Gasteiger partial charge in [0.15, 0.2) is 5.84 Å². The Balaban J connectivity index is 1.90. The summed E-state index contributed by atoms with van der Waals surface area (Å²) >= 11 is 0. The van der Waals surface area contributed by atoms with Gasteiger partial charge in [-0.15, -0.1) is 0 Å². The molecule has 114 valence electrons. The first-order valence-corrected chi connectivity index (χ1v) is 7.02. The van der Waals surface area contributed by atoms with Crippen LogP contribution in [0, 0.1) is 11.8 Å². The molecule has 1 amide bonds. The molecule has 0 saturated heterocycles. The second-order valence-corrected chi connectivity index (χ2v) is 5.54. The summed E-state index contributed by atoms with van der Waals surface area (Å²) in [5.41, 5.74) is 6.73. The Kier molecular flexibility index (Phi) is 4.67. The minimum Gasteiger partial charge on any atom is -0.488 e. The van der Waals surface area contributed by atoms with Crippen molar-refractivity contribution in [2.24, 2.45) is 22.7 Å². The Morgan fingerprint density at radius 2 is 2.24 bits per heavy atom. The first-order chi connectivity index (χ1) is 10.0. The fourth-order valence-corrected chi connectivity index (χ4v) is 2.53. The van der Waals surface area contributed by atoms with Crippen molar-refractivity contribution in [3.8, 4) is 5.75 Å². The standard InChI is InChI=1S/C15H21N3O3/c1-9(2)13(14(16)18-20)15(19)17-8-11-7-10-5-3-4-6-12(10)21-11/h3-6,9,11,13,20H,7-8H2,1-2H3,(H2,16,18)(H,17,19). The lowest BCUT2D eigenvalue weighted by atomic mass is 9.94. The molecule has 4 N–H and O–H groups in total. The number of amidine groups is 1. The Morgan fingerprint density at radius 3 is 2.86 bits per heavy atom. The molecule has 1 aliphatic heterocycles. The van der Waals surface area contributed by atoms with Crippen LogP contribution < -0.4 is 15.8 Å². The molecule has 0 spiro atoms. The van der Waals surface area contributed by atoms with E-state index in [4.69, 9.17) is 15.7 Å². The lowest BCUT2D eigenvalue weighted by Gasteiger charge is -2.20. The minimum atomic E-state index is -0.640. The second kappa shape index (κ2) is 6.47. The largest absolute Gasteiger partial charge is 0.488 e. The van der Waals surface area contributed by atoms with E-state index in [0.717, 1.165) is 17.7 Å². The number of nitrogens with two attached hydrogens (primary N) is 1. The van der Waals surface area contributed by atoms with Gasteiger partial charge in [-0.3, -0.25) is 4.79 Å². The van der Waals surface area contributed by atoms with E-state index >= 15 is 0 Å². The maximum Gasteiger partial charge on any atom is 0.231 e. The summed E-state index contributed by atoms with van der Waals surface area (Å²) in [6.07, 6.45) is 0.693. The third kappa shape index (κ3) is 3.45. The van der Waals surface area contributed by atoms with Crippen LogP contribution in [0.3, 0.4) is 0 Å². The van der Waals surface area contributed by atoms with Crippen molar-refractivity contribution in [1.29, 1.82) is 0 Å². The predicted molar refractivity (Wildman–Crippen MR) is 79.3 cm³/mol. The minimum absolute atomic E-state index is 0.0532. The summed E-state index contributed by atoms with van der Waals surface area (Å²) in [6, 6.07) is 7.83. The van der Waals surface area contributed by atoms with Gasteiger partial charge >= 0.3 is 0 Å². The molecular weight excluding hydrogens is 270 g/mol. The molecule has 0 aliphatic carbocycles. The van der Waals surface area contributed by atoms with Crippen LogP contribution in [0.25, 0.3) is 0 Å². The maximum atomic E-state index is 12.2. The van der Waals surface area contributed by atoms with Crippen LogP contribution in [0.15, 0.2) is 29.4 Å². The highest BCUT2D eigenvalue weighted by Crippen LogP contribution is 2.27. The third-order valence-corrected chi connectivity index (χ3v) is 3.60. The van der Waals surface area contributed by atoms with Gasteiger partial charge in [0.1, 0.15) is 17.8 Å². The summed E-state index contributed by atoms with van der Waals surface area (Å²) in [5.74, 6) is -0.145. The monoisotopic (exact) mass is 291 g/mol. The van der Waals surface area contributed by atoms with E-state index in [9.17, 15) is 4.79 Å². The normalized spacial score (nSPS) is 19.0. The quantitative estimate of drug-likeness (QED) is 0.328. The molecule has 0 radical (unpaired) electrons. The molecule has 0 fully saturated rings. The summed E-state index contributed by atoms with van der Waals surface area (Å²) < 4.78 is 5.76. The van der Waals surface area contributed by atoms with Crippen LogP contribution in [0.5, 0.6) is 5.75 Å². The number of carbonyl (C=O) groups is 1. The highest BCUT2D eigenvalue weighted by molar-refractivity contribution is 6.02. The summed E-state index contributed by atoms with van der Waals surface area (Å²) in [6.45, 7) is 4.10. The molecule has 0 aromatic heterocycles. The number of hydrogen-bond donors (Lipinski definition) is 3. The summed E-state index contributed by atoms with van der Waals surface area (Å²) in [4.78, 5) is 12.2. The Labute approximate surface area is 124 Å². The average Bonchev–Trinajstić information content (AvgIpc) is 2.87. The lowest BCUT2D eigenvalue weighted by molar-refractivity contribution is -0.124. The molecule has 2 rings (SSSR count). The smallest absolute Gasteiger partial charge is 0.231 e. The number of para-hydroxylation sites is 1. The number of benzene rings is 1. The molecule has 2 atom stereocenters. The van der Waals surface area contributed by atoms with E-state index in [-0.39, 0.29) is 23.8 Å². The van der Waals surface area contributed by atoms with Crippen LogP contribution in [-0.2, 0) is 11.2 Å². The second-order valence-electron chi connectivity index (χ2n) is 5.54. The number of hydrogen-bond acceptors (Lipinski definition) is 4. The van der Waals surface area contributed by atoms with Crippen LogP contribution in [0.2, 0.25) is 0 Å². The molecule has 2 unspecified atom stereocenters. The summed E-state index contributed by atoms with van der Waals surface area (Å²) in [7, 11) is 0. The van der Waals surface area contributed by atoms with Gasteiger partial charge in [0.25, 0.3) is 0 Å². The van der Waals surface area contributed by atoms with E-state index < -0.39 is 5.92 Å². The van der Waals surface area contributed by atoms with E-state index in [0.29, 0.717) is 6.54 Å². The lowest BCUT2D eigenvalue weighted by Crippen LogP contribution is -2.44. The molecule has 1 aromatic carbocycles. The van der Waals surface area contributed by atoms with Gasteiger partial charge in [0.05, 0.1) is 6.54 Å². The van der Waals surface area contributed by atoms with Crippen molar-refractivity contribution in [1.82, 2.24) is 5.32 Å². The number of nitrogens with one attached hydrogen (secondary N) is 1. The fourth-order valence-electron chi connectivity index (χ4n) is 2.53. The number of fused-ring (bicyclic) bond motifs is 1. The molecule has 0 bridgehead atoms. The first kappa shape index (κ1) is 15.2. The molecular formula is C15H21N3O3. The fraction of sp³-hybridized carbons (Fsp3) is 0.467. The van der Waals surface area contributed by atoms with Gasteiger partial charge < -0.3 is 21.0 Å². The van der Waals surface area contributed by atoms with Crippen molar-refractivity contribution >= 4 is 11.7 Å².